The molecule has 5 nitrogen and oxygen atoms in total. The van der Waals surface area contributed by atoms with Crippen molar-refractivity contribution in [3.8, 4) is 0 Å². The highest BCUT2D eigenvalue weighted by Gasteiger charge is 2.27. The molecule has 1 amide bonds. The number of nitrogens with two attached hydrogens (primary N) is 1. The van der Waals surface area contributed by atoms with Crippen LogP contribution in [-0.4, -0.2) is 35.7 Å². The summed E-state index contributed by atoms with van der Waals surface area (Å²) in [6.07, 6.45) is -6.24. The van der Waals surface area contributed by atoms with Crippen molar-refractivity contribution in [2.75, 3.05) is 6.54 Å². The van der Waals surface area contributed by atoms with Gasteiger partial charge in [0.05, 0.1) is 6.42 Å². The van der Waals surface area contributed by atoms with E-state index in [0.29, 0.717) is 0 Å². The Labute approximate surface area is 89.8 Å². The van der Waals surface area contributed by atoms with Gasteiger partial charge in [-0.1, -0.05) is 0 Å². The largest absolute Gasteiger partial charge is 0.480 e. The van der Waals surface area contributed by atoms with Crippen LogP contribution in [0.4, 0.5) is 13.2 Å². The van der Waals surface area contributed by atoms with Gasteiger partial charge < -0.3 is 16.2 Å². The molecule has 0 aromatic heterocycles. The van der Waals surface area contributed by atoms with Crippen LogP contribution in [0, 0.1) is 0 Å². The molecule has 1 unspecified atom stereocenters. The van der Waals surface area contributed by atoms with E-state index >= 15 is 0 Å². The van der Waals surface area contributed by atoms with Gasteiger partial charge >= 0.3 is 12.1 Å². The van der Waals surface area contributed by atoms with Crippen molar-refractivity contribution in [3.05, 3.63) is 0 Å². The Bertz CT molecular complexity index is 255. The number of carbonyl (C=O) groups excluding carboxylic acids is 1. The van der Waals surface area contributed by atoms with Crippen molar-refractivity contribution in [2.45, 2.75) is 31.5 Å². The van der Waals surface area contributed by atoms with Crippen LogP contribution in [-0.2, 0) is 9.59 Å². The zero-order valence-electron chi connectivity index (χ0n) is 8.38. The number of amides is 1. The van der Waals surface area contributed by atoms with Crippen LogP contribution in [0.15, 0.2) is 0 Å². The zero-order chi connectivity index (χ0) is 12.8. The second-order valence-electron chi connectivity index (χ2n) is 3.20. The fraction of sp³-hybridized carbons (Fsp3) is 0.750. The monoisotopic (exact) mass is 242 g/mol. The molecule has 0 spiro atoms. The van der Waals surface area contributed by atoms with Gasteiger partial charge in [0, 0.05) is 13.0 Å². The molecule has 0 heterocycles. The molecule has 0 bridgehead atoms. The predicted octanol–water partition coefficient (Wildman–Crippen LogP) is 0.247. The Balaban J connectivity index is 3.63. The van der Waals surface area contributed by atoms with Crippen molar-refractivity contribution >= 4 is 11.9 Å². The van der Waals surface area contributed by atoms with E-state index in [1.165, 1.54) is 0 Å². The normalized spacial score (nSPS) is 13.2. The summed E-state index contributed by atoms with van der Waals surface area (Å²) in [6.45, 7) is -0.0514. The fourth-order valence-corrected chi connectivity index (χ4v) is 0.834. The summed E-state index contributed by atoms with van der Waals surface area (Å²) < 4.78 is 35.1. The second kappa shape index (κ2) is 6.31. The van der Waals surface area contributed by atoms with Crippen molar-refractivity contribution < 1.29 is 27.9 Å². The lowest BCUT2D eigenvalue weighted by Gasteiger charge is -2.09. The highest BCUT2D eigenvalue weighted by Crippen LogP contribution is 2.20. The third kappa shape index (κ3) is 8.04. The Hall–Kier alpha value is -1.31. The van der Waals surface area contributed by atoms with Crippen molar-refractivity contribution in [1.82, 2.24) is 5.32 Å². The first kappa shape index (κ1) is 14.7. The van der Waals surface area contributed by atoms with Gasteiger partial charge in [-0.3, -0.25) is 9.59 Å². The topological polar surface area (TPSA) is 92.4 Å². The highest BCUT2D eigenvalue weighted by molar-refractivity contribution is 5.76. The van der Waals surface area contributed by atoms with E-state index in [2.05, 4.69) is 5.32 Å². The molecule has 0 aliphatic heterocycles. The van der Waals surface area contributed by atoms with Crippen LogP contribution in [0.2, 0.25) is 0 Å². The Morgan fingerprint density at radius 1 is 1.38 bits per heavy atom. The number of aliphatic carboxylic acids is 1. The molecule has 0 aliphatic carbocycles. The third-order valence-electron chi connectivity index (χ3n) is 1.73. The average molecular weight is 242 g/mol. The van der Waals surface area contributed by atoms with Crippen LogP contribution in [0.3, 0.4) is 0 Å². The number of nitrogens with one attached hydrogen (secondary N) is 1. The number of rotatable bonds is 6. The van der Waals surface area contributed by atoms with E-state index in [9.17, 15) is 22.8 Å². The molecule has 0 aliphatic rings. The predicted molar refractivity (Wildman–Crippen MR) is 48.5 cm³/mol. The minimum atomic E-state index is -4.37. The summed E-state index contributed by atoms with van der Waals surface area (Å²) in [4.78, 5) is 21.1. The van der Waals surface area contributed by atoms with Gasteiger partial charge in [-0.25, -0.2) is 0 Å². The molecular weight excluding hydrogens is 229 g/mol. The average Bonchev–Trinajstić information content (AvgIpc) is 2.13. The molecular formula is C8H13F3N2O3. The lowest BCUT2D eigenvalue weighted by atomic mass is 10.2. The lowest BCUT2D eigenvalue weighted by molar-refractivity contribution is -0.144. The van der Waals surface area contributed by atoms with Gasteiger partial charge in [0.15, 0.2) is 0 Å². The first-order valence-corrected chi connectivity index (χ1v) is 4.54. The number of carbonyl (C=O) groups is 2. The number of alkyl halides is 3. The van der Waals surface area contributed by atoms with Crippen LogP contribution in [0.5, 0.6) is 0 Å². The molecule has 8 heteroatoms. The minimum absolute atomic E-state index is 0.0207. The minimum Gasteiger partial charge on any atom is -0.480 e. The van der Waals surface area contributed by atoms with Gasteiger partial charge in [0.1, 0.15) is 6.04 Å². The maximum Gasteiger partial charge on any atom is 0.389 e. The van der Waals surface area contributed by atoms with Crippen LogP contribution < -0.4 is 11.1 Å². The Morgan fingerprint density at radius 3 is 2.38 bits per heavy atom. The van der Waals surface area contributed by atoms with E-state index in [0.717, 1.165) is 0 Å². The highest BCUT2D eigenvalue weighted by atomic mass is 19.4. The maximum atomic E-state index is 11.7. The molecule has 0 aromatic carbocycles. The van der Waals surface area contributed by atoms with Gasteiger partial charge in [0.25, 0.3) is 0 Å². The summed E-state index contributed by atoms with van der Waals surface area (Å²) >= 11 is 0. The maximum absolute atomic E-state index is 11.7. The van der Waals surface area contributed by atoms with E-state index in [-0.39, 0.29) is 13.0 Å². The van der Waals surface area contributed by atoms with Gasteiger partial charge in [0.2, 0.25) is 5.91 Å². The van der Waals surface area contributed by atoms with Crippen molar-refractivity contribution in [3.63, 3.8) is 0 Å². The third-order valence-corrected chi connectivity index (χ3v) is 1.73. The van der Waals surface area contributed by atoms with E-state index in [1.807, 2.05) is 0 Å². The lowest BCUT2D eigenvalue weighted by Crippen LogP contribution is -2.35. The molecule has 16 heavy (non-hydrogen) atoms. The molecule has 94 valence electrons. The van der Waals surface area contributed by atoms with Gasteiger partial charge in [-0.2, -0.15) is 13.2 Å². The quantitative estimate of drug-likeness (QED) is 0.622. The summed E-state index contributed by atoms with van der Waals surface area (Å²) in [5.74, 6) is -1.99. The van der Waals surface area contributed by atoms with E-state index in [1.54, 1.807) is 0 Å². The standard InChI is InChI=1S/C8H13F3N2O3/c9-8(10,11)3-1-6(14)13-4-2-5(12)7(15)16/h5H,1-4,12H2,(H,13,14)(H,15,16). The summed E-state index contributed by atoms with van der Waals surface area (Å²) in [5.41, 5.74) is 5.12. The smallest absolute Gasteiger partial charge is 0.389 e. The molecule has 4 N–H and O–H groups in total. The number of carboxylic acids is 1. The molecule has 0 rings (SSSR count). The molecule has 0 saturated carbocycles. The molecule has 0 saturated heterocycles. The van der Waals surface area contributed by atoms with E-state index in [4.69, 9.17) is 10.8 Å². The van der Waals surface area contributed by atoms with Crippen molar-refractivity contribution in [2.24, 2.45) is 5.73 Å². The molecule has 0 aromatic rings. The number of carboxylic acid groups (broad SMARTS) is 1. The van der Waals surface area contributed by atoms with Crippen LogP contribution >= 0.6 is 0 Å². The first-order valence-electron chi connectivity index (χ1n) is 4.54. The van der Waals surface area contributed by atoms with Crippen LogP contribution in [0.1, 0.15) is 19.3 Å². The Kier molecular flexibility index (Phi) is 5.79. The molecule has 0 fully saturated rings. The summed E-state index contributed by atoms with van der Waals surface area (Å²) in [5, 5.41) is 10.5. The number of hydrogen-bond acceptors (Lipinski definition) is 3. The molecule has 1 atom stereocenters. The number of hydrogen-bond donors (Lipinski definition) is 3. The van der Waals surface area contributed by atoms with Gasteiger partial charge in [-0.05, 0) is 6.42 Å². The fourth-order valence-electron chi connectivity index (χ4n) is 0.834. The summed E-state index contributed by atoms with van der Waals surface area (Å²) in [6, 6.07) is -1.12. The Morgan fingerprint density at radius 2 is 1.94 bits per heavy atom. The van der Waals surface area contributed by atoms with Crippen molar-refractivity contribution in [1.29, 1.82) is 0 Å². The zero-order valence-corrected chi connectivity index (χ0v) is 8.38. The van der Waals surface area contributed by atoms with Gasteiger partial charge in [-0.15, -0.1) is 0 Å². The number of halogens is 3. The van der Waals surface area contributed by atoms with Crippen LogP contribution in [0.25, 0.3) is 0 Å². The van der Waals surface area contributed by atoms with E-state index < -0.39 is 36.9 Å². The SMILES string of the molecule is NC(CCNC(=O)CCC(F)(F)F)C(=O)O. The second-order valence-corrected chi connectivity index (χ2v) is 3.20. The molecule has 0 radical (unpaired) electrons. The summed E-state index contributed by atoms with van der Waals surface area (Å²) in [7, 11) is 0. The first-order chi connectivity index (χ1) is 7.22.